The van der Waals surface area contributed by atoms with Gasteiger partial charge in [-0.3, -0.25) is 9.69 Å². The van der Waals surface area contributed by atoms with Crippen molar-refractivity contribution in [1.29, 1.82) is 0 Å². The highest BCUT2D eigenvalue weighted by atomic mass is 16.5. The molecule has 0 aliphatic carbocycles. The van der Waals surface area contributed by atoms with Gasteiger partial charge in [-0.15, -0.1) is 0 Å². The third-order valence-electron chi connectivity index (χ3n) is 5.62. The highest BCUT2D eigenvalue weighted by Crippen LogP contribution is 2.32. The summed E-state index contributed by atoms with van der Waals surface area (Å²) in [6.45, 7) is 2.53. The van der Waals surface area contributed by atoms with Gasteiger partial charge in [-0.25, -0.2) is 4.79 Å². The number of ether oxygens (including phenoxy) is 2. The Hall–Kier alpha value is -3.22. The number of methoxy groups -OCH3 is 1. The molecular weight excluding hydrogens is 382 g/mol. The van der Waals surface area contributed by atoms with Crippen molar-refractivity contribution in [2.24, 2.45) is 5.92 Å². The van der Waals surface area contributed by atoms with Gasteiger partial charge < -0.3 is 19.7 Å². The number of urea groups is 1. The van der Waals surface area contributed by atoms with E-state index in [1.807, 2.05) is 48.5 Å². The first-order valence-corrected chi connectivity index (χ1v) is 10.3. The number of nitrogens with zero attached hydrogens (tertiary/aromatic N) is 2. The molecule has 2 aliphatic rings. The molecule has 158 valence electrons. The molecule has 7 heteroatoms. The SMILES string of the molecule is COc1cccc(CNC(=O)[C@@H]2CCCN(C(=O)N3CCOc4ccccc43)C2)c1. The van der Waals surface area contributed by atoms with Crippen molar-refractivity contribution in [3.8, 4) is 11.5 Å². The van der Waals surface area contributed by atoms with Gasteiger partial charge in [0.15, 0.2) is 0 Å². The number of likely N-dealkylation sites (tertiary alicyclic amines) is 1. The summed E-state index contributed by atoms with van der Waals surface area (Å²) < 4.78 is 10.9. The summed E-state index contributed by atoms with van der Waals surface area (Å²) in [6.07, 6.45) is 1.60. The number of rotatable bonds is 4. The summed E-state index contributed by atoms with van der Waals surface area (Å²) in [6, 6.07) is 15.2. The molecule has 2 aliphatic heterocycles. The third-order valence-corrected chi connectivity index (χ3v) is 5.62. The number of carbonyl (C=O) groups is 2. The van der Waals surface area contributed by atoms with Gasteiger partial charge in [0.05, 0.1) is 25.3 Å². The van der Waals surface area contributed by atoms with Crippen molar-refractivity contribution >= 4 is 17.6 Å². The first-order valence-electron chi connectivity index (χ1n) is 10.3. The Morgan fingerprint density at radius 3 is 2.90 bits per heavy atom. The summed E-state index contributed by atoms with van der Waals surface area (Å²) in [5, 5.41) is 3.01. The largest absolute Gasteiger partial charge is 0.497 e. The number of anilines is 1. The molecule has 2 aromatic carbocycles. The zero-order chi connectivity index (χ0) is 20.9. The monoisotopic (exact) mass is 409 g/mol. The van der Waals surface area contributed by atoms with E-state index in [-0.39, 0.29) is 17.9 Å². The minimum atomic E-state index is -0.204. The Morgan fingerprint density at radius 2 is 2.03 bits per heavy atom. The number of carbonyl (C=O) groups excluding carboxylic acids is 2. The standard InChI is InChI=1S/C23H27N3O4/c1-29-19-8-4-6-17(14-19)15-24-22(27)18-7-5-11-25(16-18)23(28)26-12-13-30-21-10-3-2-9-20(21)26/h2-4,6,8-10,14,18H,5,7,11-13,15-16H2,1H3,(H,24,27)/t18-/m1/s1. The van der Waals surface area contributed by atoms with Crippen LogP contribution in [0.1, 0.15) is 18.4 Å². The second-order valence-corrected chi connectivity index (χ2v) is 7.60. The van der Waals surface area contributed by atoms with Crippen LogP contribution in [0.3, 0.4) is 0 Å². The van der Waals surface area contributed by atoms with Crippen molar-refractivity contribution in [2.45, 2.75) is 19.4 Å². The van der Waals surface area contributed by atoms with Crippen LogP contribution in [0.15, 0.2) is 48.5 Å². The van der Waals surface area contributed by atoms with Gasteiger partial charge in [0.2, 0.25) is 5.91 Å². The zero-order valence-corrected chi connectivity index (χ0v) is 17.2. The molecule has 3 amide bonds. The second-order valence-electron chi connectivity index (χ2n) is 7.60. The van der Waals surface area contributed by atoms with Crippen molar-refractivity contribution in [3.05, 3.63) is 54.1 Å². The van der Waals surface area contributed by atoms with E-state index in [9.17, 15) is 9.59 Å². The average Bonchev–Trinajstić information content (AvgIpc) is 2.82. The fraction of sp³-hybridized carbons (Fsp3) is 0.391. The van der Waals surface area contributed by atoms with Gasteiger partial charge in [-0.05, 0) is 42.7 Å². The summed E-state index contributed by atoms with van der Waals surface area (Å²) >= 11 is 0. The van der Waals surface area contributed by atoms with Crippen molar-refractivity contribution < 1.29 is 19.1 Å². The number of nitrogens with one attached hydrogen (secondary N) is 1. The summed E-state index contributed by atoms with van der Waals surface area (Å²) in [5.74, 6) is 1.27. The van der Waals surface area contributed by atoms with E-state index in [0.717, 1.165) is 35.6 Å². The first-order chi connectivity index (χ1) is 14.7. The van der Waals surface area contributed by atoms with Crippen LogP contribution in [-0.2, 0) is 11.3 Å². The predicted molar refractivity (Wildman–Crippen MR) is 114 cm³/mol. The topological polar surface area (TPSA) is 71.1 Å². The molecule has 1 fully saturated rings. The van der Waals surface area contributed by atoms with Gasteiger partial charge in [0, 0.05) is 19.6 Å². The summed E-state index contributed by atoms with van der Waals surface area (Å²) in [4.78, 5) is 29.5. The molecule has 0 bridgehead atoms. The first kappa shape index (κ1) is 20.1. The van der Waals surface area contributed by atoms with Crippen LogP contribution in [0.25, 0.3) is 0 Å². The van der Waals surface area contributed by atoms with E-state index in [2.05, 4.69) is 5.32 Å². The Kier molecular flexibility index (Phi) is 6.07. The smallest absolute Gasteiger partial charge is 0.324 e. The number of benzene rings is 2. The van der Waals surface area contributed by atoms with E-state index in [1.165, 1.54) is 0 Å². The van der Waals surface area contributed by atoms with E-state index in [0.29, 0.717) is 32.8 Å². The molecule has 4 rings (SSSR count). The van der Waals surface area contributed by atoms with Gasteiger partial charge >= 0.3 is 6.03 Å². The molecule has 1 atom stereocenters. The molecule has 1 saturated heterocycles. The molecule has 7 nitrogen and oxygen atoms in total. The maximum Gasteiger partial charge on any atom is 0.324 e. The van der Waals surface area contributed by atoms with Crippen LogP contribution in [0.5, 0.6) is 11.5 Å². The highest BCUT2D eigenvalue weighted by Gasteiger charge is 2.33. The van der Waals surface area contributed by atoms with Crippen LogP contribution >= 0.6 is 0 Å². The van der Waals surface area contributed by atoms with Crippen molar-refractivity contribution in [2.75, 3.05) is 38.3 Å². The Bertz CT molecular complexity index is 917. The lowest BCUT2D eigenvalue weighted by Gasteiger charge is -2.37. The molecule has 0 aromatic heterocycles. The number of para-hydroxylation sites is 2. The number of amides is 3. The van der Waals surface area contributed by atoms with Crippen LogP contribution in [0.4, 0.5) is 10.5 Å². The fourth-order valence-corrected chi connectivity index (χ4v) is 4.02. The van der Waals surface area contributed by atoms with Crippen LogP contribution in [-0.4, -0.2) is 50.2 Å². The Morgan fingerprint density at radius 1 is 1.17 bits per heavy atom. The number of fused-ring (bicyclic) bond motifs is 1. The molecule has 30 heavy (non-hydrogen) atoms. The molecular formula is C23H27N3O4. The lowest BCUT2D eigenvalue weighted by atomic mass is 9.97. The maximum absolute atomic E-state index is 13.2. The third kappa shape index (κ3) is 4.35. The Labute approximate surface area is 176 Å². The average molecular weight is 409 g/mol. The Balaban J connectivity index is 1.37. The predicted octanol–water partition coefficient (Wildman–Crippen LogP) is 3.04. The molecule has 0 spiro atoms. The second kappa shape index (κ2) is 9.07. The van der Waals surface area contributed by atoms with Gasteiger partial charge in [-0.2, -0.15) is 0 Å². The fourth-order valence-electron chi connectivity index (χ4n) is 4.02. The molecule has 0 unspecified atom stereocenters. The van der Waals surface area contributed by atoms with Crippen LogP contribution in [0, 0.1) is 5.92 Å². The lowest BCUT2D eigenvalue weighted by molar-refractivity contribution is -0.126. The highest BCUT2D eigenvalue weighted by molar-refractivity contribution is 5.94. The normalized spacial score (nSPS) is 18.2. The zero-order valence-electron chi connectivity index (χ0n) is 17.2. The lowest BCUT2D eigenvalue weighted by Crippen LogP contribution is -2.52. The summed E-state index contributed by atoms with van der Waals surface area (Å²) in [7, 11) is 1.62. The molecule has 2 heterocycles. The van der Waals surface area contributed by atoms with Crippen LogP contribution < -0.4 is 19.7 Å². The van der Waals surface area contributed by atoms with Crippen LogP contribution in [0.2, 0.25) is 0 Å². The van der Waals surface area contributed by atoms with Gasteiger partial charge in [0.25, 0.3) is 0 Å². The number of piperidine rings is 1. The summed E-state index contributed by atoms with van der Waals surface area (Å²) in [5.41, 5.74) is 1.77. The van der Waals surface area contributed by atoms with Gasteiger partial charge in [0.1, 0.15) is 18.1 Å². The molecule has 1 N–H and O–H groups in total. The van der Waals surface area contributed by atoms with E-state index in [1.54, 1.807) is 16.9 Å². The van der Waals surface area contributed by atoms with E-state index < -0.39 is 0 Å². The van der Waals surface area contributed by atoms with E-state index >= 15 is 0 Å². The molecule has 2 aromatic rings. The van der Waals surface area contributed by atoms with Gasteiger partial charge in [-0.1, -0.05) is 24.3 Å². The van der Waals surface area contributed by atoms with Crippen molar-refractivity contribution in [1.82, 2.24) is 10.2 Å². The minimum Gasteiger partial charge on any atom is -0.497 e. The van der Waals surface area contributed by atoms with Crippen molar-refractivity contribution in [3.63, 3.8) is 0 Å². The quantitative estimate of drug-likeness (QED) is 0.843. The number of hydrogen-bond donors (Lipinski definition) is 1. The molecule has 0 radical (unpaired) electrons. The number of hydrogen-bond acceptors (Lipinski definition) is 4. The van der Waals surface area contributed by atoms with E-state index in [4.69, 9.17) is 9.47 Å². The minimum absolute atomic E-state index is 0.0160. The maximum atomic E-state index is 13.2. The molecule has 0 saturated carbocycles.